The Balaban J connectivity index is 2.65. The lowest BCUT2D eigenvalue weighted by Crippen LogP contribution is -2.34. The standard InChI is InChI=1S/C13H16N2O5S2/c1-3-5-15(6-4-2)11(16)8-20-13(17)10-7-12(21-9-10)22(14,18)19/h3-4,7,9H,1-2,5-6,8H2,(H2,14,18,19). The van der Waals surface area contributed by atoms with Crippen molar-refractivity contribution in [3.8, 4) is 0 Å². The van der Waals surface area contributed by atoms with Crippen LogP contribution in [0.3, 0.4) is 0 Å². The number of esters is 1. The zero-order chi connectivity index (χ0) is 16.8. The van der Waals surface area contributed by atoms with Crippen molar-refractivity contribution in [2.45, 2.75) is 4.21 Å². The van der Waals surface area contributed by atoms with E-state index in [1.165, 1.54) is 10.3 Å². The second-order valence-electron chi connectivity index (χ2n) is 4.15. The molecule has 1 heterocycles. The van der Waals surface area contributed by atoms with Crippen LogP contribution in [-0.2, 0) is 19.6 Å². The summed E-state index contributed by atoms with van der Waals surface area (Å²) in [6.07, 6.45) is 3.08. The molecular formula is C13H16N2O5S2. The van der Waals surface area contributed by atoms with Crippen LogP contribution in [0.5, 0.6) is 0 Å². The van der Waals surface area contributed by atoms with E-state index in [9.17, 15) is 18.0 Å². The van der Waals surface area contributed by atoms with Crippen LogP contribution < -0.4 is 5.14 Å². The van der Waals surface area contributed by atoms with Crippen LogP contribution in [0.1, 0.15) is 10.4 Å². The smallest absolute Gasteiger partial charge is 0.339 e. The van der Waals surface area contributed by atoms with Gasteiger partial charge in [-0.1, -0.05) is 12.2 Å². The molecule has 0 aromatic carbocycles. The molecule has 0 saturated heterocycles. The third-order valence-corrected chi connectivity index (χ3v) is 4.86. The van der Waals surface area contributed by atoms with Crippen LogP contribution in [0.4, 0.5) is 0 Å². The van der Waals surface area contributed by atoms with E-state index in [-0.39, 0.29) is 9.77 Å². The first kappa shape index (κ1) is 18.1. The Kier molecular flexibility index (Phi) is 6.47. The molecule has 9 heteroatoms. The van der Waals surface area contributed by atoms with Crippen molar-refractivity contribution in [2.75, 3.05) is 19.7 Å². The van der Waals surface area contributed by atoms with Crippen molar-refractivity contribution in [3.63, 3.8) is 0 Å². The molecule has 1 rings (SSSR count). The third kappa shape index (κ3) is 5.10. The maximum Gasteiger partial charge on any atom is 0.339 e. The molecule has 2 N–H and O–H groups in total. The van der Waals surface area contributed by atoms with Crippen molar-refractivity contribution in [1.82, 2.24) is 4.90 Å². The Labute approximate surface area is 132 Å². The fourth-order valence-corrected chi connectivity index (χ4v) is 3.04. The molecule has 0 fully saturated rings. The predicted octanol–water partition coefficient (Wildman–Crippen LogP) is 0.753. The molecule has 0 radical (unpaired) electrons. The van der Waals surface area contributed by atoms with Crippen LogP contribution in [0.15, 0.2) is 41.0 Å². The van der Waals surface area contributed by atoms with Gasteiger partial charge in [-0.3, -0.25) is 4.79 Å². The van der Waals surface area contributed by atoms with Gasteiger partial charge in [-0.25, -0.2) is 18.4 Å². The molecule has 1 aromatic heterocycles. The summed E-state index contributed by atoms with van der Waals surface area (Å²) < 4.78 is 27.0. The number of carbonyl (C=O) groups is 2. The van der Waals surface area contributed by atoms with E-state index in [0.717, 1.165) is 17.4 Å². The minimum atomic E-state index is -3.86. The van der Waals surface area contributed by atoms with Crippen LogP contribution in [0.2, 0.25) is 0 Å². The van der Waals surface area contributed by atoms with Gasteiger partial charge in [-0.15, -0.1) is 24.5 Å². The minimum absolute atomic E-state index is 0.0285. The van der Waals surface area contributed by atoms with Crippen LogP contribution in [0.25, 0.3) is 0 Å². The molecule has 120 valence electrons. The van der Waals surface area contributed by atoms with Crippen molar-refractivity contribution in [2.24, 2.45) is 5.14 Å². The summed E-state index contributed by atoms with van der Waals surface area (Å²) in [5, 5.41) is 6.25. The Hall–Kier alpha value is -1.97. The topological polar surface area (TPSA) is 107 Å². The Morgan fingerprint density at radius 3 is 2.36 bits per heavy atom. The second-order valence-corrected chi connectivity index (χ2v) is 6.85. The van der Waals surface area contributed by atoms with Gasteiger partial charge >= 0.3 is 5.97 Å². The Bertz CT molecular complexity index is 668. The van der Waals surface area contributed by atoms with Crippen molar-refractivity contribution < 1.29 is 22.7 Å². The molecule has 1 amide bonds. The van der Waals surface area contributed by atoms with Gasteiger partial charge in [0.25, 0.3) is 5.91 Å². The third-order valence-electron chi connectivity index (χ3n) is 2.47. The number of thiophene rings is 1. The van der Waals surface area contributed by atoms with Gasteiger partial charge in [0.1, 0.15) is 4.21 Å². The van der Waals surface area contributed by atoms with Crippen molar-refractivity contribution >= 4 is 33.2 Å². The lowest BCUT2D eigenvalue weighted by molar-refractivity contribution is -0.133. The maximum atomic E-state index is 11.9. The highest BCUT2D eigenvalue weighted by Crippen LogP contribution is 2.19. The summed E-state index contributed by atoms with van der Waals surface area (Å²) in [4.78, 5) is 25.0. The number of nitrogens with zero attached hydrogens (tertiary/aromatic N) is 1. The van der Waals surface area contributed by atoms with E-state index in [1.807, 2.05) is 0 Å². The SMILES string of the molecule is C=CCN(CC=C)C(=O)COC(=O)c1csc(S(N)(=O)=O)c1. The molecule has 0 saturated carbocycles. The van der Waals surface area contributed by atoms with E-state index in [4.69, 9.17) is 9.88 Å². The van der Waals surface area contributed by atoms with E-state index in [0.29, 0.717) is 13.1 Å². The molecule has 1 aromatic rings. The largest absolute Gasteiger partial charge is 0.452 e. The number of hydrogen-bond donors (Lipinski definition) is 1. The lowest BCUT2D eigenvalue weighted by atomic mass is 10.3. The first-order chi connectivity index (χ1) is 10.3. The number of rotatable bonds is 8. The van der Waals surface area contributed by atoms with Gasteiger partial charge in [-0.2, -0.15) is 0 Å². The Morgan fingerprint density at radius 2 is 1.91 bits per heavy atom. The predicted molar refractivity (Wildman–Crippen MR) is 82.9 cm³/mol. The molecule has 0 spiro atoms. The van der Waals surface area contributed by atoms with Gasteiger partial charge < -0.3 is 9.64 Å². The van der Waals surface area contributed by atoms with Crippen LogP contribution in [-0.4, -0.2) is 44.9 Å². The highest BCUT2D eigenvalue weighted by molar-refractivity contribution is 7.91. The van der Waals surface area contributed by atoms with E-state index in [2.05, 4.69) is 13.2 Å². The molecular weight excluding hydrogens is 328 g/mol. The number of sulfonamides is 1. The minimum Gasteiger partial charge on any atom is -0.452 e. The first-order valence-electron chi connectivity index (χ1n) is 6.07. The zero-order valence-electron chi connectivity index (χ0n) is 11.7. The van der Waals surface area contributed by atoms with Gasteiger partial charge in [0, 0.05) is 18.5 Å². The number of ether oxygens (including phenoxy) is 1. The number of amides is 1. The van der Waals surface area contributed by atoms with Crippen LogP contribution in [0, 0.1) is 0 Å². The number of hydrogen-bond acceptors (Lipinski definition) is 6. The number of nitrogens with two attached hydrogens (primary N) is 1. The summed E-state index contributed by atoms with van der Waals surface area (Å²) in [6, 6.07) is 1.11. The average Bonchev–Trinajstić information content (AvgIpc) is 2.94. The second kappa shape index (κ2) is 7.87. The Morgan fingerprint density at radius 1 is 1.32 bits per heavy atom. The number of carbonyl (C=O) groups excluding carboxylic acids is 2. The van der Waals surface area contributed by atoms with Gasteiger partial charge in [0.2, 0.25) is 10.0 Å². The summed E-state index contributed by atoms with van der Waals surface area (Å²) in [6.45, 7) is 7.21. The molecule has 0 unspecified atom stereocenters. The maximum absolute atomic E-state index is 11.9. The molecule has 0 aliphatic rings. The summed E-state index contributed by atoms with van der Waals surface area (Å²) in [7, 11) is -3.86. The monoisotopic (exact) mass is 344 g/mol. The van der Waals surface area contributed by atoms with Crippen LogP contribution >= 0.6 is 11.3 Å². The first-order valence-corrected chi connectivity index (χ1v) is 8.50. The summed E-state index contributed by atoms with van der Waals surface area (Å²) in [5.74, 6) is -1.20. The van der Waals surface area contributed by atoms with E-state index < -0.39 is 28.5 Å². The highest BCUT2D eigenvalue weighted by atomic mass is 32.2. The molecule has 0 atom stereocenters. The zero-order valence-corrected chi connectivity index (χ0v) is 13.4. The summed E-state index contributed by atoms with van der Waals surface area (Å²) >= 11 is 0.806. The highest BCUT2D eigenvalue weighted by Gasteiger charge is 2.18. The van der Waals surface area contributed by atoms with Gasteiger partial charge in [0.15, 0.2) is 6.61 Å². The fraction of sp³-hybridized carbons (Fsp3) is 0.231. The average molecular weight is 344 g/mol. The fourth-order valence-electron chi connectivity index (χ4n) is 1.46. The lowest BCUT2D eigenvalue weighted by Gasteiger charge is -2.18. The van der Waals surface area contributed by atoms with Crippen molar-refractivity contribution in [3.05, 3.63) is 42.3 Å². The number of primary sulfonamides is 1. The van der Waals surface area contributed by atoms with E-state index in [1.54, 1.807) is 12.2 Å². The van der Waals surface area contributed by atoms with Crippen molar-refractivity contribution in [1.29, 1.82) is 0 Å². The molecule has 22 heavy (non-hydrogen) atoms. The molecule has 0 aliphatic carbocycles. The molecule has 7 nitrogen and oxygen atoms in total. The molecule has 0 aliphatic heterocycles. The normalized spacial score (nSPS) is 10.8. The molecule has 0 bridgehead atoms. The summed E-state index contributed by atoms with van der Waals surface area (Å²) in [5.41, 5.74) is 0.0285. The van der Waals surface area contributed by atoms with Gasteiger partial charge in [-0.05, 0) is 6.07 Å². The quantitative estimate of drug-likeness (QED) is 0.553. The van der Waals surface area contributed by atoms with E-state index >= 15 is 0 Å². The van der Waals surface area contributed by atoms with Gasteiger partial charge in [0.05, 0.1) is 5.56 Å².